The van der Waals surface area contributed by atoms with E-state index in [1.54, 1.807) is 0 Å². The van der Waals surface area contributed by atoms with Crippen LogP contribution in [-0.2, 0) is 18.4 Å². The van der Waals surface area contributed by atoms with Crippen LogP contribution in [0.25, 0.3) is 0 Å². The molecule has 1 aliphatic rings. The summed E-state index contributed by atoms with van der Waals surface area (Å²) >= 11 is 0. The predicted molar refractivity (Wildman–Crippen MR) is 86.1 cm³/mol. The van der Waals surface area contributed by atoms with Gasteiger partial charge in [-0.3, -0.25) is 18.7 Å². The minimum Gasteiger partial charge on any atom is -0.351 e. The summed E-state index contributed by atoms with van der Waals surface area (Å²) in [6.45, 7) is 0.478. The Morgan fingerprint density at radius 3 is 2.73 bits per heavy atom. The zero-order valence-corrected chi connectivity index (χ0v) is 13.5. The second-order valence-corrected chi connectivity index (χ2v) is 5.58. The van der Waals surface area contributed by atoms with E-state index >= 15 is 0 Å². The maximum Gasteiger partial charge on any atom is 0.331 e. The maximum absolute atomic E-state index is 12.1. The van der Waals surface area contributed by atoms with E-state index in [9.17, 15) is 14.4 Å². The molecule has 1 aromatic heterocycles. The molecule has 1 amide bonds. The standard InChI is InChI=1S/C14H22N4O3.ClH/c1-17-13(20)6-7-18(14(17)21)9-12(19)16-11-5-3-2-4-10(11)8-15;/h6-7,10-11H,2-5,8-9,15H2,1H3,(H,16,19);1H. The lowest BCUT2D eigenvalue weighted by molar-refractivity contribution is -0.123. The van der Waals surface area contributed by atoms with Crippen molar-refractivity contribution >= 4 is 18.3 Å². The van der Waals surface area contributed by atoms with Crippen LogP contribution in [0.4, 0.5) is 0 Å². The maximum atomic E-state index is 12.1. The van der Waals surface area contributed by atoms with Gasteiger partial charge in [-0.2, -0.15) is 0 Å². The number of nitrogens with two attached hydrogens (primary N) is 1. The van der Waals surface area contributed by atoms with Crippen LogP contribution in [0.2, 0.25) is 0 Å². The quantitative estimate of drug-likeness (QED) is 0.785. The minimum atomic E-state index is -0.489. The van der Waals surface area contributed by atoms with Gasteiger partial charge in [-0.25, -0.2) is 4.79 Å². The molecule has 1 saturated carbocycles. The Labute approximate surface area is 134 Å². The van der Waals surface area contributed by atoms with Gasteiger partial charge in [-0.1, -0.05) is 12.8 Å². The highest BCUT2D eigenvalue weighted by Gasteiger charge is 2.25. The zero-order valence-electron chi connectivity index (χ0n) is 12.7. The summed E-state index contributed by atoms with van der Waals surface area (Å²) in [7, 11) is 1.39. The van der Waals surface area contributed by atoms with Crippen LogP contribution in [0.3, 0.4) is 0 Å². The molecule has 0 spiro atoms. The van der Waals surface area contributed by atoms with Crippen LogP contribution < -0.4 is 22.3 Å². The van der Waals surface area contributed by atoms with E-state index < -0.39 is 5.69 Å². The van der Waals surface area contributed by atoms with Crippen LogP contribution in [0.5, 0.6) is 0 Å². The van der Waals surface area contributed by atoms with Gasteiger partial charge in [0, 0.05) is 25.4 Å². The second-order valence-electron chi connectivity index (χ2n) is 5.58. The van der Waals surface area contributed by atoms with E-state index in [1.165, 1.54) is 23.9 Å². The first kappa shape index (κ1) is 18.4. The van der Waals surface area contributed by atoms with Crippen molar-refractivity contribution in [3.8, 4) is 0 Å². The molecule has 0 aromatic carbocycles. The molecule has 0 saturated heterocycles. The van der Waals surface area contributed by atoms with Crippen LogP contribution in [0, 0.1) is 5.92 Å². The average molecular weight is 331 g/mol. The Morgan fingerprint density at radius 1 is 1.36 bits per heavy atom. The Kier molecular flexibility index (Phi) is 6.83. The number of aromatic nitrogens is 2. The fourth-order valence-corrected chi connectivity index (χ4v) is 2.82. The third kappa shape index (κ3) is 4.20. The number of halogens is 1. The number of amides is 1. The number of carbonyl (C=O) groups excluding carboxylic acids is 1. The summed E-state index contributed by atoms with van der Waals surface area (Å²) in [6.07, 6.45) is 5.54. The summed E-state index contributed by atoms with van der Waals surface area (Å²) < 4.78 is 2.22. The third-order valence-corrected chi connectivity index (χ3v) is 4.13. The lowest BCUT2D eigenvalue weighted by atomic mass is 9.84. The van der Waals surface area contributed by atoms with Crippen molar-refractivity contribution < 1.29 is 4.79 Å². The van der Waals surface area contributed by atoms with Crippen LogP contribution >= 0.6 is 12.4 Å². The molecule has 7 nitrogen and oxygen atoms in total. The molecule has 0 aliphatic heterocycles. The zero-order chi connectivity index (χ0) is 15.4. The Morgan fingerprint density at radius 2 is 2.05 bits per heavy atom. The first-order valence-electron chi connectivity index (χ1n) is 7.29. The molecular formula is C14H23ClN4O3. The molecule has 22 heavy (non-hydrogen) atoms. The number of rotatable bonds is 4. The van der Waals surface area contributed by atoms with E-state index in [0.717, 1.165) is 30.3 Å². The van der Waals surface area contributed by atoms with Crippen molar-refractivity contribution in [1.82, 2.24) is 14.5 Å². The van der Waals surface area contributed by atoms with Gasteiger partial charge in [-0.05, 0) is 25.3 Å². The van der Waals surface area contributed by atoms with Gasteiger partial charge in [-0.15, -0.1) is 12.4 Å². The topological polar surface area (TPSA) is 99.1 Å². The van der Waals surface area contributed by atoms with Crippen LogP contribution in [0.15, 0.2) is 21.9 Å². The first-order valence-corrected chi connectivity index (χ1v) is 7.29. The smallest absolute Gasteiger partial charge is 0.331 e. The monoisotopic (exact) mass is 330 g/mol. The summed E-state index contributed by atoms with van der Waals surface area (Å²) in [5.41, 5.74) is 4.87. The normalized spacial score (nSPS) is 21.0. The molecule has 3 N–H and O–H groups in total. The van der Waals surface area contributed by atoms with Crippen molar-refractivity contribution in [3.63, 3.8) is 0 Å². The number of nitrogens with one attached hydrogen (secondary N) is 1. The molecule has 0 radical (unpaired) electrons. The molecular weight excluding hydrogens is 308 g/mol. The molecule has 124 valence electrons. The minimum absolute atomic E-state index is 0. The number of nitrogens with zero attached hydrogens (tertiary/aromatic N) is 2. The van der Waals surface area contributed by atoms with Crippen molar-refractivity contribution in [2.45, 2.75) is 38.3 Å². The molecule has 0 bridgehead atoms. The number of hydrogen-bond acceptors (Lipinski definition) is 4. The fraction of sp³-hybridized carbons (Fsp3) is 0.643. The lowest BCUT2D eigenvalue weighted by Gasteiger charge is -2.31. The predicted octanol–water partition coefficient (Wildman–Crippen LogP) is -0.397. The molecule has 2 unspecified atom stereocenters. The Balaban J connectivity index is 0.00000242. The van der Waals surface area contributed by atoms with Crippen LogP contribution in [-0.4, -0.2) is 27.6 Å². The highest BCUT2D eigenvalue weighted by molar-refractivity contribution is 5.85. The van der Waals surface area contributed by atoms with Gasteiger partial charge in [0.2, 0.25) is 5.91 Å². The average Bonchev–Trinajstić information content (AvgIpc) is 2.48. The summed E-state index contributed by atoms with van der Waals surface area (Å²) in [5, 5.41) is 2.96. The second kappa shape index (κ2) is 8.14. The van der Waals surface area contributed by atoms with Crippen molar-refractivity contribution in [2.75, 3.05) is 6.54 Å². The van der Waals surface area contributed by atoms with Gasteiger partial charge in [0.05, 0.1) is 0 Å². The highest BCUT2D eigenvalue weighted by atomic mass is 35.5. The van der Waals surface area contributed by atoms with Gasteiger partial charge in [0.25, 0.3) is 5.56 Å². The number of carbonyl (C=O) groups is 1. The molecule has 8 heteroatoms. The van der Waals surface area contributed by atoms with Gasteiger partial charge >= 0.3 is 5.69 Å². The first-order chi connectivity index (χ1) is 10.0. The number of hydrogen-bond donors (Lipinski definition) is 2. The van der Waals surface area contributed by atoms with E-state index in [4.69, 9.17) is 5.73 Å². The largest absolute Gasteiger partial charge is 0.351 e. The van der Waals surface area contributed by atoms with Gasteiger partial charge in [0.1, 0.15) is 6.54 Å². The Hall–Kier alpha value is -1.60. The van der Waals surface area contributed by atoms with Crippen molar-refractivity contribution in [1.29, 1.82) is 0 Å². The van der Waals surface area contributed by atoms with Gasteiger partial charge in [0.15, 0.2) is 0 Å². The van der Waals surface area contributed by atoms with Crippen molar-refractivity contribution in [2.24, 2.45) is 18.7 Å². The van der Waals surface area contributed by atoms with E-state index in [0.29, 0.717) is 12.5 Å². The van der Waals surface area contributed by atoms with Gasteiger partial charge < -0.3 is 11.1 Å². The molecule has 1 aromatic rings. The lowest BCUT2D eigenvalue weighted by Crippen LogP contribution is -2.47. The highest BCUT2D eigenvalue weighted by Crippen LogP contribution is 2.23. The summed E-state index contributed by atoms with van der Waals surface area (Å²) in [4.78, 5) is 35.3. The van der Waals surface area contributed by atoms with E-state index in [2.05, 4.69) is 5.32 Å². The molecule has 2 atom stereocenters. The molecule has 1 aliphatic carbocycles. The van der Waals surface area contributed by atoms with Crippen molar-refractivity contribution in [3.05, 3.63) is 33.1 Å². The van der Waals surface area contributed by atoms with E-state index in [1.807, 2.05) is 0 Å². The Bertz CT molecular complexity index is 625. The molecule has 2 rings (SSSR count). The summed E-state index contributed by atoms with van der Waals surface area (Å²) in [6, 6.07) is 1.36. The third-order valence-electron chi connectivity index (χ3n) is 4.13. The summed E-state index contributed by atoms with van der Waals surface area (Å²) in [5.74, 6) is 0.0839. The SMILES string of the molecule is Cl.Cn1c(=O)ccn(CC(=O)NC2CCCCC2CN)c1=O. The fourth-order valence-electron chi connectivity index (χ4n) is 2.82. The van der Waals surface area contributed by atoms with E-state index in [-0.39, 0.29) is 36.5 Å². The molecule has 1 heterocycles. The molecule has 1 fully saturated rings. The van der Waals surface area contributed by atoms with Crippen LogP contribution in [0.1, 0.15) is 25.7 Å².